The molecular weight excluding hydrogens is 144 g/mol. The average molecular weight is 155 g/mol. The number of alkyl halides is 1. The Bertz CT molecular complexity index is 198. The van der Waals surface area contributed by atoms with Crippen LogP contribution in [0.1, 0.15) is 23.4 Å². The van der Waals surface area contributed by atoms with Crippen molar-refractivity contribution in [2.75, 3.05) is 0 Å². The first-order valence-corrected chi connectivity index (χ1v) is 3.84. The van der Waals surface area contributed by atoms with E-state index < -0.39 is 0 Å². The fourth-order valence-electron chi connectivity index (χ4n) is 0.832. The molecule has 0 aromatic heterocycles. The van der Waals surface area contributed by atoms with E-state index in [9.17, 15) is 0 Å². The molecule has 0 bridgehead atoms. The van der Waals surface area contributed by atoms with Crippen LogP contribution in [-0.2, 0) is 0 Å². The number of hydrogen-bond donors (Lipinski definition) is 0. The van der Waals surface area contributed by atoms with Crippen molar-refractivity contribution in [1.29, 1.82) is 0 Å². The van der Waals surface area contributed by atoms with Gasteiger partial charge in [0.25, 0.3) is 0 Å². The summed E-state index contributed by atoms with van der Waals surface area (Å²) in [5.41, 5.74) is 2.47. The molecule has 0 aliphatic rings. The van der Waals surface area contributed by atoms with Gasteiger partial charge in [-0.1, -0.05) is 29.8 Å². The predicted octanol–water partition coefficient (Wildman–Crippen LogP) is 3.29. The van der Waals surface area contributed by atoms with Gasteiger partial charge < -0.3 is 0 Å². The lowest BCUT2D eigenvalue weighted by molar-refractivity contribution is 1.08. The van der Waals surface area contributed by atoms with Gasteiger partial charge in [-0.25, -0.2) is 0 Å². The molecule has 0 fully saturated rings. The van der Waals surface area contributed by atoms with Crippen LogP contribution in [0.2, 0.25) is 0 Å². The standard InChI is InChI=1S/C9H11Cl/c1-7-3-5-9(6-4-7)8(2)10/h3-6,8H,1-2H3. The van der Waals surface area contributed by atoms with E-state index in [0.717, 1.165) is 0 Å². The van der Waals surface area contributed by atoms with Crippen molar-refractivity contribution in [2.45, 2.75) is 19.2 Å². The van der Waals surface area contributed by atoms with Crippen LogP contribution in [0.3, 0.4) is 0 Å². The monoisotopic (exact) mass is 154 g/mol. The highest BCUT2D eigenvalue weighted by Crippen LogP contribution is 2.18. The molecule has 1 aromatic carbocycles. The van der Waals surface area contributed by atoms with Gasteiger partial charge in [-0.2, -0.15) is 0 Å². The zero-order valence-corrected chi connectivity index (χ0v) is 7.02. The number of aryl methyl sites for hydroxylation is 1. The topological polar surface area (TPSA) is 0 Å². The van der Waals surface area contributed by atoms with E-state index in [1.54, 1.807) is 0 Å². The van der Waals surface area contributed by atoms with Crippen molar-refractivity contribution < 1.29 is 0 Å². The van der Waals surface area contributed by atoms with Crippen LogP contribution in [0, 0.1) is 6.92 Å². The molecule has 0 N–H and O–H groups in total. The summed E-state index contributed by atoms with van der Waals surface area (Å²) in [7, 11) is 0. The molecule has 0 aliphatic carbocycles. The Kier molecular flexibility index (Phi) is 2.34. The molecule has 54 valence electrons. The molecule has 0 nitrogen and oxygen atoms in total. The predicted molar refractivity (Wildman–Crippen MR) is 45.4 cm³/mol. The van der Waals surface area contributed by atoms with Crippen molar-refractivity contribution in [3.8, 4) is 0 Å². The van der Waals surface area contributed by atoms with E-state index >= 15 is 0 Å². The van der Waals surface area contributed by atoms with E-state index in [0.29, 0.717) is 0 Å². The highest BCUT2D eigenvalue weighted by atomic mass is 35.5. The zero-order chi connectivity index (χ0) is 7.56. The Labute approximate surface area is 66.8 Å². The first-order chi connectivity index (χ1) is 4.70. The summed E-state index contributed by atoms with van der Waals surface area (Å²) < 4.78 is 0. The van der Waals surface area contributed by atoms with Crippen molar-refractivity contribution in [1.82, 2.24) is 0 Å². The lowest BCUT2D eigenvalue weighted by Gasteiger charge is -2.01. The molecule has 1 heteroatoms. The van der Waals surface area contributed by atoms with Gasteiger partial charge in [0.05, 0.1) is 5.38 Å². The van der Waals surface area contributed by atoms with Gasteiger partial charge >= 0.3 is 0 Å². The van der Waals surface area contributed by atoms with Crippen molar-refractivity contribution in [2.24, 2.45) is 0 Å². The third kappa shape index (κ3) is 1.74. The van der Waals surface area contributed by atoms with E-state index in [2.05, 4.69) is 31.2 Å². The maximum atomic E-state index is 5.86. The summed E-state index contributed by atoms with van der Waals surface area (Å²) in [6, 6.07) is 8.28. The highest BCUT2D eigenvalue weighted by Gasteiger charge is 1.97. The second-order valence-corrected chi connectivity index (χ2v) is 3.18. The summed E-state index contributed by atoms with van der Waals surface area (Å²) in [5, 5.41) is 0.126. The van der Waals surface area contributed by atoms with Crippen LogP contribution >= 0.6 is 11.6 Å². The Morgan fingerprint density at radius 1 is 1.20 bits per heavy atom. The zero-order valence-electron chi connectivity index (χ0n) is 6.26. The van der Waals surface area contributed by atoms with Crippen LogP contribution in [0.15, 0.2) is 24.3 Å². The summed E-state index contributed by atoms with van der Waals surface area (Å²) >= 11 is 5.86. The van der Waals surface area contributed by atoms with Gasteiger partial charge in [0.2, 0.25) is 0 Å². The van der Waals surface area contributed by atoms with Gasteiger partial charge in [-0.15, -0.1) is 11.6 Å². The van der Waals surface area contributed by atoms with Gasteiger partial charge in [0.1, 0.15) is 0 Å². The number of halogens is 1. The molecule has 1 atom stereocenters. The summed E-state index contributed by atoms with van der Waals surface area (Å²) in [4.78, 5) is 0. The average Bonchev–Trinajstić information content (AvgIpc) is 1.88. The molecule has 1 unspecified atom stereocenters. The highest BCUT2D eigenvalue weighted by molar-refractivity contribution is 6.20. The quantitative estimate of drug-likeness (QED) is 0.545. The molecule has 0 radical (unpaired) electrons. The summed E-state index contributed by atoms with van der Waals surface area (Å²) in [5.74, 6) is 0. The van der Waals surface area contributed by atoms with Gasteiger partial charge in [-0.05, 0) is 19.4 Å². The van der Waals surface area contributed by atoms with Crippen LogP contribution < -0.4 is 0 Å². The molecule has 1 rings (SSSR count). The van der Waals surface area contributed by atoms with Crippen LogP contribution in [-0.4, -0.2) is 0 Å². The van der Waals surface area contributed by atoms with Crippen molar-refractivity contribution in [3.63, 3.8) is 0 Å². The van der Waals surface area contributed by atoms with Gasteiger partial charge in [-0.3, -0.25) is 0 Å². The second-order valence-electron chi connectivity index (χ2n) is 2.53. The minimum absolute atomic E-state index is 0.126. The Morgan fingerprint density at radius 3 is 2.10 bits per heavy atom. The number of rotatable bonds is 1. The Morgan fingerprint density at radius 2 is 1.70 bits per heavy atom. The van der Waals surface area contributed by atoms with Gasteiger partial charge in [0.15, 0.2) is 0 Å². The maximum Gasteiger partial charge on any atom is 0.0557 e. The van der Waals surface area contributed by atoms with E-state index in [-0.39, 0.29) is 5.38 Å². The molecule has 1 aromatic rings. The molecular formula is C9H11Cl. The fraction of sp³-hybridized carbons (Fsp3) is 0.333. The van der Waals surface area contributed by atoms with Crippen molar-refractivity contribution >= 4 is 11.6 Å². The molecule has 0 saturated heterocycles. The SMILES string of the molecule is Cc1ccc(C(C)Cl)cc1. The maximum absolute atomic E-state index is 5.86. The third-order valence-corrected chi connectivity index (χ3v) is 1.79. The molecule has 0 spiro atoms. The molecule has 10 heavy (non-hydrogen) atoms. The second kappa shape index (κ2) is 3.07. The number of benzene rings is 1. The first-order valence-electron chi connectivity index (χ1n) is 3.41. The molecule has 0 amide bonds. The van der Waals surface area contributed by atoms with Crippen LogP contribution in [0.4, 0.5) is 0 Å². The lowest BCUT2D eigenvalue weighted by Crippen LogP contribution is -1.82. The third-order valence-electron chi connectivity index (χ3n) is 1.54. The van der Waals surface area contributed by atoms with E-state index in [1.807, 2.05) is 6.92 Å². The first kappa shape index (κ1) is 7.62. The Hall–Kier alpha value is -0.490. The smallest absolute Gasteiger partial charge is 0.0557 e. The summed E-state index contributed by atoms with van der Waals surface area (Å²) in [6.45, 7) is 4.05. The minimum Gasteiger partial charge on any atom is -0.118 e. The Balaban J connectivity index is 2.89. The molecule has 0 heterocycles. The lowest BCUT2D eigenvalue weighted by atomic mass is 10.1. The molecule has 0 aliphatic heterocycles. The fourth-order valence-corrected chi connectivity index (χ4v) is 0.977. The largest absolute Gasteiger partial charge is 0.118 e. The van der Waals surface area contributed by atoms with E-state index in [4.69, 9.17) is 11.6 Å². The van der Waals surface area contributed by atoms with Crippen LogP contribution in [0.25, 0.3) is 0 Å². The normalized spacial score (nSPS) is 13.1. The minimum atomic E-state index is 0.126. The molecule has 0 saturated carbocycles. The van der Waals surface area contributed by atoms with Crippen molar-refractivity contribution in [3.05, 3.63) is 35.4 Å². The summed E-state index contributed by atoms with van der Waals surface area (Å²) in [6.07, 6.45) is 0. The van der Waals surface area contributed by atoms with Crippen LogP contribution in [0.5, 0.6) is 0 Å². The number of hydrogen-bond acceptors (Lipinski definition) is 0. The van der Waals surface area contributed by atoms with Gasteiger partial charge in [0, 0.05) is 0 Å². The van der Waals surface area contributed by atoms with E-state index in [1.165, 1.54) is 11.1 Å².